The Morgan fingerprint density at radius 3 is 2.69 bits per heavy atom. The Morgan fingerprint density at radius 1 is 1.44 bits per heavy atom. The van der Waals surface area contributed by atoms with Crippen molar-refractivity contribution >= 4 is 32.0 Å². The van der Waals surface area contributed by atoms with E-state index >= 15 is 0 Å². The van der Waals surface area contributed by atoms with Crippen LogP contribution in [-0.4, -0.2) is 3.72 Å². The summed E-state index contributed by atoms with van der Waals surface area (Å²) in [5, 5.41) is 0. The average molecular weight is 334 g/mol. The molecule has 0 bridgehead atoms. The minimum atomic E-state index is -0.698. The molecule has 0 saturated heterocycles. The van der Waals surface area contributed by atoms with Gasteiger partial charge in [-0.2, -0.15) is 0 Å². The molecule has 0 unspecified atom stereocenters. The molecule has 16 heavy (non-hydrogen) atoms. The van der Waals surface area contributed by atoms with Gasteiger partial charge in [-0.3, -0.25) is 4.99 Å². The Bertz CT molecular complexity index is 467. The predicted octanol–water partition coefficient (Wildman–Crippen LogP) is 3.24. The number of nitrogens with two attached hydrogens (primary N) is 1. The lowest BCUT2D eigenvalue weighted by atomic mass is 10.1. The second-order valence-electron chi connectivity index (χ2n) is 2.86. The molecule has 0 fully saturated rings. The van der Waals surface area contributed by atoms with Crippen LogP contribution in [0.3, 0.4) is 0 Å². The summed E-state index contributed by atoms with van der Waals surface area (Å²) in [7, 11) is 0. The van der Waals surface area contributed by atoms with Crippen LogP contribution in [0.15, 0.2) is 42.0 Å². The molecule has 0 amide bonds. The maximum atomic E-state index is 13.3. The van der Waals surface area contributed by atoms with Crippen molar-refractivity contribution in [2.24, 2.45) is 10.7 Å². The first-order valence-corrected chi connectivity index (χ1v) is 5.39. The highest BCUT2D eigenvalue weighted by Crippen LogP contribution is 2.16. The monoisotopic (exact) mass is 334 g/mol. The molecule has 2 N–H and O–H groups in total. The van der Waals surface area contributed by atoms with Gasteiger partial charge in [0.25, 0.3) is 0 Å². The summed E-state index contributed by atoms with van der Waals surface area (Å²) in [6, 6.07) is 3.22. The van der Waals surface area contributed by atoms with E-state index in [0.717, 1.165) is 12.1 Å². The Labute approximate surface area is 106 Å². The largest absolute Gasteiger partial charge is 0.398 e. The molecule has 84 valence electrons. The van der Waals surface area contributed by atoms with E-state index in [0.29, 0.717) is 3.72 Å². The van der Waals surface area contributed by atoms with E-state index in [1.807, 2.05) is 22.6 Å². The van der Waals surface area contributed by atoms with Crippen LogP contribution in [0.4, 0.5) is 8.78 Å². The Kier molecular flexibility index (Phi) is 4.60. The lowest BCUT2D eigenvalue weighted by Crippen LogP contribution is -2.01. The van der Waals surface area contributed by atoms with E-state index < -0.39 is 11.6 Å². The highest BCUT2D eigenvalue weighted by atomic mass is 127. The van der Waals surface area contributed by atoms with Gasteiger partial charge in [0.2, 0.25) is 0 Å². The lowest BCUT2D eigenvalue weighted by molar-refractivity contribution is 0.581. The molecular weight excluding hydrogens is 325 g/mol. The van der Waals surface area contributed by atoms with Crippen LogP contribution in [0, 0.1) is 11.6 Å². The van der Waals surface area contributed by atoms with Gasteiger partial charge in [0.1, 0.15) is 15.4 Å². The quantitative estimate of drug-likeness (QED) is 0.669. The summed E-state index contributed by atoms with van der Waals surface area (Å²) < 4.78 is 26.5. The third kappa shape index (κ3) is 3.41. The summed E-state index contributed by atoms with van der Waals surface area (Å²) in [5.74, 6) is -1.33. The van der Waals surface area contributed by atoms with Crippen LogP contribution in [0.5, 0.6) is 0 Å². The summed E-state index contributed by atoms with van der Waals surface area (Å²) in [4.78, 5) is 3.85. The van der Waals surface area contributed by atoms with Crippen molar-refractivity contribution in [3.63, 3.8) is 0 Å². The van der Waals surface area contributed by atoms with Gasteiger partial charge < -0.3 is 5.73 Å². The fourth-order valence-electron chi connectivity index (χ4n) is 1.05. The van der Waals surface area contributed by atoms with Crippen molar-refractivity contribution in [3.05, 3.63) is 54.3 Å². The number of nitrogens with zero attached hydrogens (tertiary/aromatic N) is 1. The van der Waals surface area contributed by atoms with Crippen molar-refractivity contribution in [2.45, 2.75) is 0 Å². The normalized spacial score (nSPS) is 12.7. The number of rotatable bonds is 3. The van der Waals surface area contributed by atoms with Gasteiger partial charge in [-0.25, -0.2) is 8.78 Å². The zero-order chi connectivity index (χ0) is 12.1. The van der Waals surface area contributed by atoms with Crippen LogP contribution < -0.4 is 5.73 Å². The molecule has 0 aromatic heterocycles. The number of aliphatic imine (C=N–C) groups is 1. The van der Waals surface area contributed by atoms with E-state index in [9.17, 15) is 8.78 Å². The van der Waals surface area contributed by atoms with Crippen molar-refractivity contribution in [1.29, 1.82) is 0 Å². The van der Waals surface area contributed by atoms with Crippen LogP contribution in [0.25, 0.3) is 5.70 Å². The molecule has 1 aromatic rings. The van der Waals surface area contributed by atoms with Crippen LogP contribution in [0.1, 0.15) is 5.56 Å². The molecule has 0 heterocycles. The van der Waals surface area contributed by atoms with E-state index in [4.69, 9.17) is 5.73 Å². The predicted molar refractivity (Wildman–Crippen MR) is 70.2 cm³/mol. The number of allylic oxidation sites excluding steroid dienone is 1. The van der Waals surface area contributed by atoms with Crippen LogP contribution >= 0.6 is 22.6 Å². The lowest BCUT2D eigenvalue weighted by Gasteiger charge is -2.03. The standard InChI is InChI=1S/C11H9F2IN2/c1-2-16-11(14)6-10(15)8-4-3-7(12)5-9(8)13/h2-6H,1,15H2/b10-6-,16-11?. The fourth-order valence-corrected chi connectivity index (χ4v) is 1.59. The highest BCUT2D eigenvalue weighted by Gasteiger charge is 2.06. The zero-order valence-corrected chi connectivity index (χ0v) is 10.4. The fraction of sp³-hybridized carbons (Fsp3) is 0. The molecule has 0 saturated carbocycles. The third-order valence-corrected chi connectivity index (χ3v) is 2.32. The van der Waals surface area contributed by atoms with Crippen LogP contribution in [0.2, 0.25) is 0 Å². The smallest absolute Gasteiger partial charge is 0.135 e. The van der Waals surface area contributed by atoms with E-state index in [1.54, 1.807) is 0 Å². The SMILES string of the molecule is C=CN=C(I)/C=C(\N)c1ccc(F)cc1F. The number of hydrogen-bond donors (Lipinski definition) is 1. The van der Waals surface area contributed by atoms with Gasteiger partial charge >= 0.3 is 0 Å². The number of benzene rings is 1. The molecule has 1 rings (SSSR count). The number of hydrogen-bond acceptors (Lipinski definition) is 2. The molecule has 0 aliphatic carbocycles. The van der Waals surface area contributed by atoms with Crippen LogP contribution in [-0.2, 0) is 0 Å². The summed E-state index contributed by atoms with van der Waals surface area (Å²) in [5.41, 5.74) is 5.99. The zero-order valence-electron chi connectivity index (χ0n) is 8.25. The first kappa shape index (κ1) is 12.8. The third-order valence-electron chi connectivity index (χ3n) is 1.73. The molecule has 0 aliphatic heterocycles. The Hall–Kier alpha value is -1.24. The molecule has 0 radical (unpaired) electrons. The molecule has 0 aliphatic rings. The maximum absolute atomic E-state index is 13.3. The molecule has 1 aromatic carbocycles. The minimum Gasteiger partial charge on any atom is -0.398 e. The molecular formula is C11H9F2IN2. The maximum Gasteiger partial charge on any atom is 0.135 e. The van der Waals surface area contributed by atoms with E-state index in [2.05, 4.69) is 11.6 Å². The van der Waals surface area contributed by atoms with Gasteiger partial charge in [0, 0.05) is 23.5 Å². The first-order chi connectivity index (χ1) is 7.54. The van der Waals surface area contributed by atoms with Crippen molar-refractivity contribution in [3.8, 4) is 0 Å². The first-order valence-electron chi connectivity index (χ1n) is 4.31. The molecule has 0 spiro atoms. The van der Waals surface area contributed by atoms with Gasteiger partial charge in [-0.15, -0.1) is 0 Å². The van der Waals surface area contributed by atoms with Gasteiger partial charge in [-0.1, -0.05) is 6.58 Å². The second kappa shape index (κ2) is 5.74. The molecule has 2 nitrogen and oxygen atoms in total. The van der Waals surface area contributed by atoms with Crippen molar-refractivity contribution in [1.82, 2.24) is 0 Å². The summed E-state index contributed by atoms with van der Waals surface area (Å²) in [6.07, 6.45) is 2.84. The molecule has 0 atom stereocenters. The number of halogens is 3. The van der Waals surface area contributed by atoms with Gasteiger partial charge in [-0.05, 0) is 40.8 Å². The van der Waals surface area contributed by atoms with Gasteiger partial charge in [0.05, 0.1) is 0 Å². The van der Waals surface area contributed by atoms with Crippen molar-refractivity contribution in [2.75, 3.05) is 0 Å². The van der Waals surface area contributed by atoms with E-state index in [-0.39, 0.29) is 11.3 Å². The topological polar surface area (TPSA) is 38.4 Å². The Balaban J connectivity index is 3.09. The summed E-state index contributed by atoms with van der Waals surface area (Å²) in [6.45, 7) is 3.42. The minimum absolute atomic E-state index is 0.148. The highest BCUT2D eigenvalue weighted by molar-refractivity contribution is 14.1. The Morgan fingerprint density at radius 2 is 2.12 bits per heavy atom. The molecule has 5 heteroatoms. The van der Waals surface area contributed by atoms with E-state index in [1.165, 1.54) is 18.3 Å². The second-order valence-corrected chi connectivity index (χ2v) is 3.96. The van der Waals surface area contributed by atoms with Crippen molar-refractivity contribution < 1.29 is 8.78 Å². The van der Waals surface area contributed by atoms with Gasteiger partial charge in [0.15, 0.2) is 0 Å². The average Bonchev–Trinajstić information content (AvgIpc) is 2.17. The summed E-state index contributed by atoms with van der Waals surface area (Å²) >= 11 is 1.93.